The Hall–Kier alpha value is -2.63. The number of hydrogen-bond acceptors (Lipinski definition) is 3. The Labute approximate surface area is 120 Å². The van der Waals surface area contributed by atoms with E-state index in [1.807, 2.05) is 0 Å². The van der Waals surface area contributed by atoms with Crippen LogP contribution in [-0.4, -0.2) is 12.0 Å². The predicted octanol–water partition coefficient (Wildman–Crippen LogP) is 2.95. The van der Waals surface area contributed by atoms with Crippen molar-refractivity contribution >= 4 is 17.3 Å². The number of carbonyl (C=O) groups is 1. The Kier molecular flexibility index (Phi) is 4.37. The summed E-state index contributed by atoms with van der Waals surface area (Å²) in [6.07, 6.45) is -0.923. The fraction of sp³-hybridized carbons (Fsp3) is 0.133. The van der Waals surface area contributed by atoms with Gasteiger partial charge in [-0.1, -0.05) is 6.07 Å². The van der Waals surface area contributed by atoms with Gasteiger partial charge < -0.3 is 15.8 Å². The lowest BCUT2D eigenvalue weighted by Gasteiger charge is -2.15. The molecule has 0 fully saturated rings. The molecule has 21 heavy (non-hydrogen) atoms. The molecule has 0 aliphatic rings. The second-order valence-corrected chi connectivity index (χ2v) is 4.48. The molecule has 2 aromatic carbocycles. The van der Waals surface area contributed by atoms with E-state index in [1.54, 1.807) is 24.3 Å². The van der Waals surface area contributed by atoms with Crippen molar-refractivity contribution in [3.05, 3.63) is 54.1 Å². The molecule has 2 aromatic rings. The Morgan fingerprint density at radius 2 is 1.86 bits per heavy atom. The Morgan fingerprint density at radius 1 is 1.19 bits per heavy atom. The van der Waals surface area contributed by atoms with Crippen molar-refractivity contribution in [3.8, 4) is 5.75 Å². The van der Waals surface area contributed by atoms with Crippen LogP contribution in [0.1, 0.15) is 6.92 Å². The molecule has 0 saturated carbocycles. The zero-order valence-corrected chi connectivity index (χ0v) is 11.3. The summed E-state index contributed by atoms with van der Waals surface area (Å²) in [5, 5.41) is 2.60. The van der Waals surface area contributed by atoms with Crippen molar-refractivity contribution in [3.63, 3.8) is 0 Å². The van der Waals surface area contributed by atoms with E-state index < -0.39 is 23.6 Å². The average molecular weight is 292 g/mol. The zero-order valence-electron chi connectivity index (χ0n) is 11.3. The maximum atomic E-state index is 13.0. The summed E-state index contributed by atoms with van der Waals surface area (Å²) in [4.78, 5) is 11.9. The first-order valence-corrected chi connectivity index (χ1v) is 6.23. The molecule has 1 unspecified atom stereocenters. The SMILES string of the molecule is CC(Oc1cc(F)cc(F)c1)C(=O)Nc1cccc(N)c1. The van der Waals surface area contributed by atoms with Gasteiger partial charge in [0.1, 0.15) is 17.4 Å². The van der Waals surface area contributed by atoms with E-state index in [4.69, 9.17) is 10.5 Å². The number of ether oxygens (including phenoxy) is 1. The van der Waals surface area contributed by atoms with Crippen molar-refractivity contribution in [1.82, 2.24) is 0 Å². The fourth-order valence-electron chi connectivity index (χ4n) is 1.71. The van der Waals surface area contributed by atoms with E-state index in [0.717, 1.165) is 18.2 Å². The highest BCUT2D eigenvalue weighted by molar-refractivity contribution is 5.94. The molecule has 0 heterocycles. The van der Waals surface area contributed by atoms with E-state index in [-0.39, 0.29) is 5.75 Å². The maximum absolute atomic E-state index is 13.0. The zero-order chi connectivity index (χ0) is 15.4. The molecule has 4 nitrogen and oxygen atoms in total. The number of anilines is 2. The molecule has 110 valence electrons. The molecule has 3 N–H and O–H groups in total. The summed E-state index contributed by atoms with van der Waals surface area (Å²) in [7, 11) is 0. The van der Waals surface area contributed by atoms with Crippen LogP contribution in [0, 0.1) is 11.6 Å². The highest BCUT2D eigenvalue weighted by Gasteiger charge is 2.15. The normalized spacial score (nSPS) is 11.8. The van der Waals surface area contributed by atoms with Crippen LogP contribution < -0.4 is 15.8 Å². The minimum absolute atomic E-state index is 0.0530. The van der Waals surface area contributed by atoms with E-state index in [9.17, 15) is 13.6 Å². The second kappa shape index (κ2) is 6.21. The van der Waals surface area contributed by atoms with Gasteiger partial charge in [-0.3, -0.25) is 4.79 Å². The second-order valence-electron chi connectivity index (χ2n) is 4.48. The first-order chi connectivity index (χ1) is 9.94. The summed E-state index contributed by atoms with van der Waals surface area (Å²) in [6.45, 7) is 1.48. The molecular weight excluding hydrogens is 278 g/mol. The number of nitrogens with two attached hydrogens (primary N) is 1. The number of carbonyl (C=O) groups excluding carboxylic acids is 1. The summed E-state index contributed by atoms with van der Waals surface area (Å²) in [6, 6.07) is 9.38. The van der Waals surface area contributed by atoms with Gasteiger partial charge in [-0.2, -0.15) is 0 Å². The third-order valence-electron chi connectivity index (χ3n) is 2.67. The predicted molar refractivity (Wildman–Crippen MR) is 75.9 cm³/mol. The van der Waals surface area contributed by atoms with Crippen molar-refractivity contribution in [1.29, 1.82) is 0 Å². The molecule has 0 saturated heterocycles. The largest absolute Gasteiger partial charge is 0.481 e. The van der Waals surface area contributed by atoms with Gasteiger partial charge in [0, 0.05) is 29.6 Å². The minimum atomic E-state index is -0.923. The number of hydrogen-bond donors (Lipinski definition) is 2. The van der Waals surface area contributed by atoms with Crippen LogP contribution in [0.4, 0.5) is 20.2 Å². The minimum Gasteiger partial charge on any atom is -0.481 e. The molecule has 1 atom stereocenters. The molecule has 0 bridgehead atoms. The number of halogens is 2. The molecule has 0 aromatic heterocycles. The highest BCUT2D eigenvalue weighted by atomic mass is 19.1. The van der Waals surface area contributed by atoms with Crippen molar-refractivity contribution in [2.24, 2.45) is 0 Å². The van der Waals surface area contributed by atoms with Gasteiger partial charge in [0.2, 0.25) is 0 Å². The highest BCUT2D eigenvalue weighted by Crippen LogP contribution is 2.18. The quantitative estimate of drug-likeness (QED) is 0.852. The van der Waals surface area contributed by atoms with Gasteiger partial charge in [-0.05, 0) is 25.1 Å². The summed E-state index contributed by atoms with van der Waals surface area (Å²) >= 11 is 0. The van der Waals surface area contributed by atoms with E-state index in [1.165, 1.54) is 6.92 Å². The standard InChI is InChI=1S/C15H14F2N2O2/c1-9(21-14-6-10(16)5-11(17)7-14)15(20)19-13-4-2-3-12(18)8-13/h2-9H,18H2,1H3,(H,19,20). The van der Waals surface area contributed by atoms with Gasteiger partial charge in [0.05, 0.1) is 0 Å². The van der Waals surface area contributed by atoms with Crippen LogP contribution in [-0.2, 0) is 4.79 Å². The maximum Gasteiger partial charge on any atom is 0.265 e. The fourth-order valence-corrected chi connectivity index (χ4v) is 1.71. The van der Waals surface area contributed by atoms with Gasteiger partial charge in [-0.25, -0.2) is 8.78 Å². The molecule has 2 rings (SSSR count). The number of rotatable bonds is 4. The van der Waals surface area contributed by atoms with Crippen molar-refractivity contribution in [2.75, 3.05) is 11.1 Å². The number of nitrogen functional groups attached to an aromatic ring is 1. The van der Waals surface area contributed by atoms with Gasteiger partial charge in [-0.15, -0.1) is 0 Å². The van der Waals surface area contributed by atoms with Crippen LogP contribution in [0.15, 0.2) is 42.5 Å². The molecule has 6 heteroatoms. The molecule has 0 spiro atoms. The van der Waals surface area contributed by atoms with E-state index in [0.29, 0.717) is 11.4 Å². The van der Waals surface area contributed by atoms with Gasteiger partial charge >= 0.3 is 0 Å². The Morgan fingerprint density at radius 3 is 2.48 bits per heavy atom. The Bertz CT molecular complexity index is 642. The van der Waals surface area contributed by atoms with Crippen LogP contribution in [0.3, 0.4) is 0 Å². The van der Waals surface area contributed by atoms with Crippen LogP contribution in [0.5, 0.6) is 5.75 Å². The molecule has 0 radical (unpaired) electrons. The first-order valence-electron chi connectivity index (χ1n) is 6.23. The topological polar surface area (TPSA) is 64.3 Å². The summed E-state index contributed by atoms with van der Waals surface area (Å²) < 4.78 is 31.3. The van der Waals surface area contributed by atoms with E-state index in [2.05, 4.69) is 5.32 Å². The third kappa shape index (κ3) is 4.17. The smallest absolute Gasteiger partial charge is 0.265 e. The lowest BCUT2D eigenvalue weighted by Crippen LogP contribution is -2.30. The van der Waals surface area contributed by atoms with Crippen LogP contribution >= 0.6 is 0 Å². The van der Waals surface area contributed by atoms with Crippen LogP contribution in [0.2, 0.25) is 0 Å². The lowest BCUT2D eigenvalue weighted by atomic mass is 10.2. The molecule has 0 aliphatic heterocycles. The summed E-state index contributed by atoms with van der Waals surface area (Å²) in [5.74, 6) is -2.05. The Balaban J connectivity index is 2.02. The number of nitrogens with one attached hydrogen (secondary N) is 1. The first kappa shape index (κ1) is 14.8. The molecule has 1 amide bonds. The molecule has 0 aliphatic carbocycles. The van der Waals surface area contributed by atoms with Crippen molar-refractivity contribution in [2.45, 2.75) is 13.0 Å². The monoisotopic (exact) mass is 292 g/mol. The van der Waals surface area contributed by atoms with Crippen molar-refractivity contribution < 1.29 is 18.3 Å². The van der Waals surface area contributed by atoms with E-state index >= 15 is 0 Å². The van der Waals surface area contributed by atoms with Gasteiger partial charge in [0.25, 0.3) is 5.91 Å². The van der Waals surface area contributed by atoms with Crippen LogP contribution in [0.25, 0.3) is 0 Å². The average Bonchev–Trinajstić information content (AvgIpc) is 2.37. The van der Waals surface area contributed by atoms with Gasteiger partial charge in [0.15, 0.2) is 6.10 Å². The number of amides is 1. The summed E-state index contributed by atoms with van der Waals surface area (Å²) in [5.41, 5.74) is 6.62. The third-order valence-corrected chi connectivity index (χ3v) is 2.67. The molecular formula is C15H14F2N2O2. The number of benzene rings is 2. The lowest BCUT2D eigenvalue weighted by molar-refractivity contribution is -0.122.